The summed E-state index contributed by atoms with van der Waals surface area (Å²) in [7, 11) is 2.76. The van der Waals surface area contributed by atoms with Gasteiger partial charge in [0.25, 0.3) is 0 Å². The maximum Gasteiger partial charge on any atom is 0.192 e. The lowest BCUT2D eigenvalue weighted by Crippen LogP contribution is -2.18. The fourth-order valence-electron chi connectivity index (χ4n) is 1.68. The minimum Gasteiger partial charge on any atom is -0.377 e. The summed E-state index contributed by atoms with van der Waals surface area (Å²) in [5.74, 6) is -1.00. The molecule has 0 fully saturated rings. The zero-order chi connectivity index (χ0) is 12.1. The Morgan fingerprint density at radius 2 is 1.62 bits per heavy atom. The lowest BCUT2D eigenvalue weighted by atomic mass is 10.0. The molecule has 0 heterocycles. The number of Topliss-reactive ketones (excluding diaryl/α,β-unsaturated/α-hetero) is 3. The molecule has 1 aliphatic carbocycles. The molecule has 0 spiro atoms. The Bertz CT molecular complexity index is 353. The molecule has 1 aliphatic rings. The van der Waals surface area contributed by atoms with Crippen molar-refractivity contribution in [2.75, 3.05) is 27.4 Å². The van der Waals surface area contributed by atoms with Crippen molar-refractivity contribution >= 4 is 17.3 Å². The van der Waals surface area contributed by atoms with Crippen LogP contribution in [0.15, 0.2) is 11.1 Å². The molecule has 0 saturated heterocycles. The van der Waals surface area contributed by atoms with Gasteiger partial charge in [-0.3, -0.25) is 14.4 Å². The quantitative estimate of drug-likeness (QED) is 0.600. The summed E-state index contributed by atoms with van der Waals surface area (Å²) in [6.45, 7) is -0.281. The summed E-state index contributed by atoms with van der Waals surface area (Å²) < 4.78 is 9.38. The van der Waals surface area contributed by atoms with E-state index in [9.17, 15) is 14.4 Å². The van der Waals surface area contributed by atoms with E-state index < -0.39 is 5.78 Å². The van der Waals surface area contributed by atoms with Crippen LogP contribution in [0.1, 0.15) is 12.8 Å². The molecule has 5 nitrogen and oxygen atoms in total. The first-order chi connectivity index (χ1) is 7.61. The topological polar surface area (TPSA) is 69.7 Å². The Morgan fingerprint density at radius 3 is 2.19 bits per heavy atom. The summed E-state index contributed by atoms with van der Waals surface area (Å²) in [4.78, 5) is 34.6. The molecule has 0 unspecified atom stereocenters. The van der Waals surface area contributed by atoms with Crippen molar-refractivity contribution in [1.82, 2.24) is 0 Å². The molecule has 5 heteroatoms. The van der Waals surface area contributed by atoms with Gasteiger partial charge in [-0.25, -0.2) is 0 Å². The highest BCUT2D eigenvalue weighted by atomic mass is 16.5. The molecular weight excluding hydrogens is 212 g/mol. The Morgan fingerprint density at radius 1 is 1.06 bits per heavy atom. The van der Waals surface area contributed by atoms with Crippen molar-refractivity contribution in [2.24, 2.45) is 0 Å². The predicted molar refractivity (Wildman–Crippen MR) is 55.0 cm³/mol. The summed E-state index contributed by atoms with van der Waals surface area (Å²) in [5.41, 5.74) is 0.290. The van der Waals surface area contributed by atoms with E-state index in [-0.39, 0.29) is 42.3 Å². The van der Waals surface area contributed by atoms with Gasteiger partial charge < -0.3 is 9.47 Å². The van der Waals surface area contributed by atoms with Crippen molar-refractivity contribution in [3.63, 3.8) is 0 Å². The lowest BCUT2D eigenvalue weighted by Gasteiger charge is -2.03. The van der Waals surface area contributed by atoms with E-state index in [1.807, 2.05) is 0 Å². The van der Waals surface area contributed by atoms with E-state index in [1.54, 1.807) is 0 Å². The van der Waals surface area contributed by atoms with Gasteiger partial charge in [-0.15, -0.1) is 0 Å². The first-order valence-corrected chi connectivity index (χ1v) is 4.92. The van der Waals surface area contributed by atoms with Gasteiger partial charge >= 0.3 is 0 Å². The van der Waals surface area contributed by atoms with Crippen molar-refractivity contribution < 1.29 is 23.9 Å². The molecule has 0 aromatic carbocycles. The summed E-state index contributed by atoms with van der Waals surface area (Å²) in [6, 6.07) is 0. The SMILES string of the molecule is COCC(=O)C1=C(C(=O)COC)C(=O)CC1. The number of ether oxygens (including phenoxy) is 2. The Kier molecular flexibility index (Phi) is 4.52. The smallest absolute Gasteiger partial charge is 0.192 e. The van der Waals surface area contributed by atoms with Crippen LogP contribution < -0.4 is 0 Å². The normalized spacial score (nSPS) is 15.8. The Hall–Kier alpha value is -1.33. The highest BCUT2D eigenvalue weighted by molar-refractivity contribution is 6.27. The maximum atomic E-state index is 11.6. The molecule has 0 aliphatic heterocycles. The summed E-state index contributed by atoms with van der Waals surface area (Å²) >= 11 is 0. The molecular formula is C11H14O5. The van der Waals surface area contributed by atoms with Crippen LogP contribution in [0.4, 0.5) is 0 Å². The third-order valence-corrected chi connectivity index (χ3v) is 2.35. The van der Waals surface area contributed by atoms with Crippen LogP contribution in [0.2, 0.25) is 0 Å². The molecule has 0 atom stereocenters. The van der Waals surface area contributed by atoms with Gasteiger partial charge in [0.1, 0.15) is 13.2 Å². The van der Waals surface area contributed by atoms with Crippen LogP contribution >= 0.6 is 0 Å². The fraction of sp³-hybridized carbons (Fsp3) is 0.545. The highest BCUT2D eigenvalue weighted by Gasteiger charge is 2.31. The van der Waals surface area contributed by atoms with E-state index in [1.165, 1.54) is 14.2 Å². The fourth-order valence-corrected chi connectivity index (χ4v) is 1.68. The zero-order valence-corrected chi connectivity index (χ0v) is 9.37. The Labute approximate surface area is 93.4 Å². The second kappa shape index (κ2) is 5.67. The van der Waals surface area contributed by atoms with Crippen molar-refractivity contribution in [2.45, 2.75) is 12.8 Å². The average molecular weight is 226 g/mol. The number of carbonyl (C=O) groups excluding carboxylic acids is 3. The second-order valence-electron chi connectivity index (χ2n) is 3.49. The zero-order valence-electron chi connectivity index (χ0n) is 9.37. The molecule has 0 aromatic rings. The molecule has 0 aromatic heterocycles. The number of methoxy groups -OCH3 is 2. The molecule has 0 bridgehead atoms. The first-order valence-electron chi connectivity index (χ1n) is 4.92. The minimum atomic E-state index is -0.426. The predicted octanol–water partition coefficient (Wildman–Crippen LogP) is 0.0769. The van der Waals surface area contributed by atoms with Crippen LogP contribution in [0, 0.1) is 0 Å². The van der Waals surface area contributed by atoms with Gasteiger partial charge in [0, 0.05) is 26.2 Å². The van der Waals surface area contributed by atoms with E-state index in [2.05, 4.69) is 4.74 Å². The summed E-state index contributed by atoms with van der Waals surface area (Å²) in [5, 5.41) is 0. The number of hydrogen-bond donors (Lipinski definition) is 0. The van der Waals surface area contributed by atoms with Gasteiger partial charge in [-0.2, -0.15) is 0 Å². The van der Waals surface area contributed by atoms with Crippen LogP contribution in [-0.2, 0) is 23.9 Å². The van der Waals surface area contributed by atoms with Gasteiger partial charge in [-0.1, -0.05) is 0 Å². The number of rotatable bonds is 6. The number of carbonyl (C=O) groups is 3. The highest BCUT2D eigenvalue weighted by Crippen LogP contribution is 2.24. The third-order valence-electron chi connectivity index (χ3n) is 2.35. The van der Waals surface area contributed by atoms with Gasteiger partial charge in [0.2, 0.25) is 0 Å². The molecule has 0 N–H and O–H groups in total. The molecule has 0 saturated carbocycles. The minimum absolute atomic E-state index is 0.00361. The van der Waals surface area contributed by atoms with E-state index in [0.717, 1.165) is 0 Å². The number of ketones is 3. The van der Waals surface area contributed by atoms with E-state index in [0.29, 0.717) is 6.42 Å². The van der Waals surface area contributed by atoms with Gasteiger partial charge in [0.05, 0.1) is 5.57 Å². The lowest BCUT2D eigenvalue weighted by molar-refractivity contribution is -0.124. The van der Waals surface area contributed by atoms with E-state index in [4.69, 9.17) is 4.74 Å². The van der Waals surface area contributed by atoms with Crippen LogP contribution in [0.5, 0.6) is 0 Å². The molecule has 1 rings (SSSR count). The van der Waals surface area contributed by atoms with Crippen LogP contribution in [0.25, 0.3) is 0 Å². The largest absolute Gasteiger partial charge is 0.377 e. The maximum absolute atomic E-state index is 11.6. The molecule has 0 amide bonds. The molecule has 88 valence electrons. The third kappa shape index (κ3) is 2.62. The van der Waals surface area contributed by atoms with Gasteiger partial charge in [-0.05, 0) is 6.42 Å². The average Bonchev–Trinajstić information content (AvgIpc) is 2.61. The van der Waals surface area contributed by atoms with Crippen molar-refractivity contribution in [1.29, 1.82) is 0 Å². The first kappa shape index (κ1) is 12.7. The van der Waals surface area contributed by atoms with Crippen LogP contribution in [0.3, 0.4) is 0 Å². The molecule has 16 heavy (non-hydrogen) atoms. The van der Waals surface area contributed by atoms with Crippen molar-refractivity contribution in [3.05, 3.63) is 11.1 Å². The van der Waals surface area contributed by atoms with Crippen LogP contribution in [-0.4, -0.2) is 44.8 Å². The number of hydrogen-bond acceptors (Lipinski definition) is 5. The molecule has 0 radical (unpaired) electrons. The standard InChI is InChI=1S/C11H14O5/c1-15-5-9(13)7-3-4-8(12)11(7)10(14)6-16-2/h3-6H2,1-2H3. The van der Waals surface area contributed by atoms with Crippen molar-refractivity contribution in [3.8, 4) is 0 Å². The van der Waals surface area contributed by atoms with E-state index >= 15 is 0 Å². The Balaban J connectivity index is 2.95. The summed E-state index contributed by atoms with van der Waals surface area (Å²) in [6.07, 6.45) is 0.543. The monoisotopic (exact) mass is 226 g/mol. The van der Waals surface area contributed by atoms with Gasteiger partial charge in [0.15, 0.2) is 17.3 Å². The second-order valence-corrected chi connectivity index (χ2v) is 3.49.